The lowest BCUT2D eigenvalue weighted by molar-refractivity contribution is 0.171. The van der Waals surface area contributed by atoms with Gasteiger partial charge < -0.3 is 15.2 Å². The number of benzene rings is 1. The molecule has 2 heterocycles. The van der Waals surface area contributed by atoms with Crippen LogP contribution in [0.1, 0.15) is 11.1 Å². The zero-order valence-corrected chi connectivity index (χ0v) is 11.4. The molecule has 0 atom stereocenters. The topological polar surface area (TPSA) is 62.3 Å². The van der Waals surface area contributed by atoms with Crippen LogP contribution in [-0.4, -0.2) is 23.0 Å². The molecule has 0 aliphatic carbocycles. The van der Waals surface area contributed by atoms with Gasteiger partial charge in [0, 0.05) is 18.7 Å². The summed E-state index contributed by atoms with van der Waals surface area (Å²) in [4.78, 5) is 0. The summed E-state index contributed by atoms with van der Waals surface area (Å²) in [6.45, 7) is 5.24. The van der Waals surface area contributed by atoms with Crippen molar-refractivity contribution in [2.75, 3.05) is 18.9 Å². The number of nitrogen functional groups attached to an aromatic ring is 1. The lowest BCUT2D eigenvalue weighted by Gasteiger charge is -2.23. The molecule has 19 heavy (non-hydrogen) atoms. The summed E-state index contributed by atoms with van der Waals surface area (Å²) in [6, 6.07) is 3.92. The van der Waals surface area contributed by atoms with Gasteiger partial charge in [-0.15, -0.1) is 0 Å². The number of aryl methyl sites for hydroxylation is 2. The van der Waals surface area contributed by atoms with Crippen LogP contribution in [0.5, 0.6) is 11.5 Å². The minimum absolute atomic E-state index is 0.560. The molecule has 0 saturated carbocycles. The Morgan fingerprint density at radius 3 is 2.47 bits per heavy atom. The number of rotatable bonds is 1. The molecule has 2 aromatic rings. The average Bonchev–Trinajstić information content (AvgIpc) is 2.74. The molecule has 0 fully saturated rings. The van der Waals surface area contributed by atoms with Crippen LogP contribution in [0.25, 0.3) is 11.3 Å². The van der Waals surface area contributed by atoms with Crippen molar-refractivity contribution in [2.45, 2.75) is 13.8 Å². The van der Waals surface area contributed by atoms with Gasteiger partial charge in [0.15, 0.2) is 11.5 Å². The summed E-state index contributed by atoms with van der Waals surface area (Å²) >= 11 is 0. The molecule has 1 aromatic carbocycles. The van der Waals surface area contributed by atoms with Crippen molar-refractivity contribution in [3.8, 4) is 22.8 Å². The first-order valence-electron chi connectivity index (χ1n) is 6.27. The van der Waals surface area contributed by atoms with Crippen molar-refractivity contribution >= 4 is 5.82 Å². The van der Waals surface area contributed by atoms with Gasteiger partial charge in [-0.05, 0) is 31.0 Å². The highest BCUT2D eigenvalue weighted by atomic mass is 16.6. The molecule has 5 nitrogen and oxygen atoms in total. The fourth-order valence-electron chi connectivity index (χ4n) is 2.27. The van der Waals surface area contributed by atoms with E-state index in [2.05, 4.69) is 18.1 Å². The maximum Gasteiger partial charge on any atom is 0.171 e. The molecule has 0 spiro atoms. The van der Waals surface area contributed by atoms with E-state index in [1.165, 1.54) is 0 Å². The number of hydrogen-bond acceptors (Lipinski definition) is 4. The minimum atomic E-state index is 0.560. The van der Waals surface area contributed by atoms with Gasteiger partial charge in [0.05, 0.1) is 5.69 Å². The van der Waals surface area contributed by atoms with Gasteiger partial charge in [-0.2, -0.15) is 5.10 Å². The Labute approximate surface area is 111 Å². The number of nitrogens with two attached hydrogens (primary N) is 1. The number of nitrogens with zero attached hydrogens (tertiary/aromatic N) is 2. The van der Waals surface area contributed by atoms with Crippen molar-refractivity contribution in [3.05, 3.63) is 23.3 Å². The number of fused-ring (bicyclic) bond motifs is 1. The molecule has 0 bridgehead atoms. The highest BCUT2D eigenvalue weighted by molar-refractivity contribution is 5.75. The smallest absolute Gasteiger partial charge is 0.171 e. The third-order valence-corrected chi connectivity index (χ3v) is 3.51. The third-order valence-electron chi connectivity index (χ3n) is 3.51. The molecule has 0 radical (unpaired) electrons. The third kappa shape index (κ3) is 1.82. The van der Waals surface area contributed by atoms with E-state index in [4.69, 9.17) is 15.2 Å². The molecule has 5 heteroatoms. The lowest BCUT2D eigenvalue weighted by atomic mass is 10.0. The quantitative estimate of drug-likeness (QED) is 0.851. The van der Waals surface area contributed by atoms with E-state index in [0.717, 1.165) is 33.9 Å². The van der Waals surface area contributed by atoms with Gasteiger partial charge in [-0.25, -0.2) is 0 Å². The average molecular weight is 259 g/mol. The van der Waals surface area contributed by atoms with Crippen molar-refractivity contribution in [3.63, 3.8) is 0 Å². The fourth-order valence-corrected chi connectivity index (χ4v) is 2.27. The van der Waals surface area contributed by atoms with Crippen LogP contribution in [0.4, 0.5) is 5.82 Å². The molecule has 0 unspecified atom stereocenters. The van der Waals surface area contributed by atoms with E-state index in [1.54, 1.807) is 4.68 Å². The fraction of sp³-hybridized carbons (Fsp3) is 0.357. The SMILES string of the molecule is Cc1cc(-c2cc(N)n(C)n2)c2c(c1C)OCCO2. The van der Waals surface area contributed by atoms with E-state index in [9.17, 15) is 0 Å². The molecular formula is C14H17N3O2. The maximum atomic E-state index is 5.85. The second-order valence-corrected chi connectivity index (χ2v) is 4.80. The number of ether oxygens (including phenoxy) is 2. The number of aromatic nitrogens is 2. The second-order valence-electron chi connectivity index (χ2n) is 4.80. The summed E-state index contributed by atoms with van der Waals surface area (Å²) in [5, 5.41) is 4.42. The molecular weight excluding hydrogens is 242 g/mol. The largest absolute Gasteiger partial charge is 0.486 e. The predicted molar refractivity (Wildman–Crippen MR) is 73.5 cm³/mol. The number of hydrogen-bond donors (Lipinski definition) is 1. The summed E-state index contributed by atoms with van der Waals surface area (Å²) in [7, 11) is 1.82. The van der Waals surface area contributed by atoms with Crippen LogP contribution in [0, 0.1) is 13.8 Å². The van der Waals surface area contributed by atoms with Crippen molar-refractivity contribution < 1.29 is 9.47 Å². The predicted octanol–water partition coefficient (Wildman–Crippen LogP) is 2.06. The Kier molecular flexibility index (Phi) is 2.62. The summed E-state index contributed by atoms with van der Waals surface area (Å²) in [5.74, 6) is 2.22. The van der Waals surface area contributed by atoms with Crippen LogP contribution in [0.3, 0.4) is 0 Å². The van der Waals surface area contributed by atoms with Crippen molar-refractivity contribution in [1.29, 1.82) is 0 Å². The molecule has 0 amide bonds. The first-order chi connectivity index (χ1) is 9.08. The highest BCUT2D eigenvalue weighted by Gasteiger charge is 2.22. The molecule has 100 valence electrons. The van der Waals surface area contributed by atoms with Gasteiger partial charge in [-0.3, -0.25) is 4.68 Å². The van der Waals surface area contributed by atoms with Crippen molar-refractivity contribution in [1.82, 2.24) is 9.78 Å². The Morgan fingerprint density at radius 2 is 1.84 bits per heavy atom. The van der Waals surface area contributed by atoms with E-state index in [-0.39, 0.29) is 0 Å². The van der Waals surface area contributed by atoms with Crippen LogP contribution in [0.2, 0.25) is 0 Å². The summed E-state index contributed by atoms with van der Waals surface area (Å²) < 4.78 is 13.2. The van der Waals surface area contributed by atoms with Gasteiger partial charge in [-0.1, -0.05) is 0 Å². The van der Waals surface area contributed by atoms with Crippen molar-refractivity contribution in [2.24, 2.45) is 7.05 Å². The zero-order valence-electron chi connectivity index (χ0n) is 11.4. The van der Waals surface area contributed by atoms with Gasteiger partial charge >= 0.3 is 0 Å². The lowest BCUT2D eigenvalue weighted by Crippen LogP contribution is -2.17. The summed E-state index contributed by atoms with van der Waals surface area (Å²) in [6.07, 6.45) is 0. The molecule has 1 aliphatic heterocycles. The second kappa shape index (κ2) is 4.19. The van der Waals surface area contributed by atoms with Gasteiger partial charge in [0.1, 0.15) is 19.0 Å². The summed E-state index contributed by atoms with van der Waals surface area (Å²) in [5.41, 5.74) is 9.87. The van der Waals surface area contributed by atoms with Crippen LogP contribution in [-0.2, 0) is 7.05 Å². The van der Waals surface area contributed by atoms with E-state index >= 15 is 0 Å². The molecule has 3 rings (SSSR count). The zero-order chi connectivity index (χ0) is 13.6. The Balaban J connectivity index is 2.23. The minimum Gasteiger partial charge on any atom is -0.486 e. The maximum absolute atomic E-state index is 5.85. The highest BCUT2D eigenvalue weighted by Crippen LogP contribution is 2.43. The van der Waals surface area contributed by atoms with E-state index < -0.39 is 0 Å². The van der Waals surface area contributed by atoms with Crippen LogP contribution >= 0.6 is 0 Å². The van der Waals surface area contributed by atoms with E-state index in [1.807, 2.05) is 20.0 Å². The number of anilines is 1. The van der Waals surface area contributed by atoms with E-state index in [0.29, 0.717) is 19.0 Å². The molecule has 2 N–H and O–H groups in total. The standard InChI is InChI=1S/C14H17N3O2/c1-8-6-10(11-7-12(15)17(3)16-11)14-13(9(8)2)18-4-5-19-14/h6-7H,4-5,15H2,1-3H3. The Bertz CT molecular complexity index is 627. The first kappa shape index (κ1) is 11.9. The van der Waals surface area contributed by atoms with Crippen LogP contribution in [0.15, 0.2) is 12.1 Å². The molecule has 1 aromatic heterocycles. The molecule has 1 aliphatic rings. The molecule has 0 saturated heterocycles. The Hall–Kier alpha value is -2.17. The first-order valence-corrected chi connectivity index (χ1v) is 6.27. The normalized spacial score (nSPS) is 13.6. The Morgan fingerprint density at radius 1 is 1.16 bits per heavy atom. The monoisotopic (exact) mass is 259 g/mol. The van der Waals surface area contributed by atoms with Gasteiger partial charge in [0.2, 0.25) is 0 Å². The van der Waals surface area contributed by atoms with Crippen LogP contribution < -0.4 is 15.2 Å². The van der Waals surface area contributed by atoms with Gasteiger partial charge in [0.25, 0.3) is 0 Å².